The second-order valence-electron chi connectivity index (χ2n) is 6.11. The highest BCUT2D eigenvalue weighted by molar-refractivity contribution is 5.97. The van der Waals surface area contributed by atoms with Crippen molar-refractivity contribution >= 4 is 23.0 Å². The number of nitrogens with one attached hydrogen (secondary N) is 3. The first-order chi connectivity index (χ1) is 13.1. The summed E-state index contributed by atoms with van der Waals surface area (Å²) in [4.78, 5) is 24.0. The molecule has 0 unspecified atom stereocenters. The van der Waals surface area contributed by atoms with E-state index in [4.69, 9.17) is 0 Å². The normalized spacial score (nSPS) is 10.9. The van der Waals surface area contributed by atoms with E-state index < -0.39 is 0 Å². The summed E-state index contributed by atoms with van der Waals surface area (Å²) >= 11 is 0. The van der Waals surface area contributed by atoms with Crippen LogP contribution in [-0.2, 0) is 7.05 Å². The summed E-state index contributed by atoms with van der Waals surface area (Å²) < 4.78 is 1.76. The van der Waals surface area contributed by atoms with Gasteiger partial charge in [-0.05, 0) is 36.8 Å². The average molecular weight is 361 g/mol. The lowest BCUT2D eigenvalue weighted by Crippen LogP contribution is -2.28. The van der Waals surface area contributed by atoms with Crippen LogP contribution in [0.5, 0.6) is 0 Å². The van der Waals surface area contributed by atoms with Crippen molar-refractivity contribution in [1.82, 2.24) is 30.0 Å². The van der Waals surface area contributed by atoms with Crippen LogP contribution in [0.25, 0.3) is 33.4 Å². The molecule has 0 aliphatic heterocycles. The highest BCUT2D eigenvalue weighted by atomic mass is 16.2. The van der Waals surface area contributed by atoms with Crippen LogP contribution in [0.2, 0.25) is 0 Å². The second-order valence-corrected chi connectivity index (χ2v) is 6.11. The Labute approximate surface area is 155 Å². The van der Waals surface area contributed by atoms with E-state index in [1.165, 1.54) is 0 Å². The van der Waals surface area contributed by atoms with E-state index in [1.54, 1.807) is 10.9 Å². The van der Waals surface area contributed by atoms with Crippen LogP contribution in [0.15, 0.2) is 48.9 Å². The van der Waals surface area contributed by atoms with E-state index in [0.717, 1.165) is 33.4 Å². The molecule has 136 valence electrons. The summed E-state index contributed by atoms with van der Waals surface area (Å²) in [6, 6.07) is 9.48. The van der Waals surface area contributed by atoms with Crippen LogP contribution in [-0.4, -0.2) is 37.3 Å². The molecule has 0 radical (unpaired) electrons. The number of amides is 2. The number of nitrogens with zero attached hydrogens (tertiary/aromatic N) is 4. The zero-order chi connectivity index (χ0) is 18.8. The summed E-state index contributed by atoms with van der Waals surface area (Å²) in [5, 5.41) is 9.66. The molecule has 0 fully saturated rings. The Bertz CT molecular complexity index is 1100. The molecule has 3 N–H and O–H groups in total. The van der Waals surface area contributed by atoms with Gasteiger partial charge in [-0.3, -0.25) is 15.0 Å². The summed E-state index contributed by atoms with van der Waals surface area (Å²) in [6.07, 6.45) is 5.51. The third kappa shape index (κ3) is 3.37. The fourth-order valence-electron chi connectivity index (χ4n) is 2.94. The first kappa shape index (κ1) is 16.8. The molecule has 4 rings (SSSR count). The van der Waals surface area contributed by atoms with Crippen LogP contribution in [0.3, 0.4) is 0 Å². The maximum absolute atomic E-state index is 11.8. The van der Waals surface area contributed by atoms with Crippen LogP contribution in [0.4, 0.5) is 10.7 Å². The Kier molecular flexibility index (Phi) is 4.29. The van der Waals surface area contributed by atoms with Crippen molar-refractivity contribution < 1.29 is 4.79 Å². The third-order valence-corrected chi connectivity index (χ3v) is 4.13. The Morgan fingerprint density at radius 2 is 2.15 bits per heavy atom. The number of fused-ring (bicyclic) bond motifs is 1. The van der Waals surface area contributed by atoms with Gasteiger partial charge in [0.25, 0.3) is 0 Å². The number of H-pyrrole nitrogens is 1. The van der Waals surface area contributed by atoms with Crippen LogP contribution >= 0.6 is 0 Å². The number of hydrogen-bond acceptors (Lipinski definition) is 4. The molecule has 0 saturated carbocycles. The van der Waals surface area contributed by atoms with Gasteiger partial charge in [-0.1, -0.05) is 6.07 Å². The predicted octanol–water partition coefficient (Wildman–Crippen LogP) is 3.17. The van der Waals surface area contributed by atoms with Gasteiger partial charge in [0.05, 0.1) is 22.9 Å². The van der Waals surface area contributed by atoms with Crippen molar-refractivity contribution in [2.45, 2.75) is 6.92 Å². The zero-order valence-electron chi connectivity index (χ0n) is 15.0. The van der Waals surface area contributed by atoms with Crippen molar-refractivity contribution in [2.24, 2.45) is 7.05 Å². The van der Waals surface area contributed by atoms with Crippen molar-refractivity contribution in [3.63, 3.8) is 0 Å². The topological polar surface area (TPSA) is 101 Å². The molecular formula is C19H19N7O. The van der Waals surface area contributed by atoms with Gasteiger partial charge in [-0.15, -0.1) is 0 Å². The molecule has 8 heteroatoms. The molecule has 0 spiro atoms. The number of carbonyl (C=O) groups is 1. The second kappa shape index (κ2) is 6.91. The quantitative estimate of drug-likeness (QED) is 0.520. The lowest BCUT2D eigenvalue weighted by molar-refractivity contribution is 0.252. The molecule has 8 nitrogen and oxygen atoms in total. The molecule has 2 amide bonds. The molecular weight excluding hydrogens is 342 g/mol. The molecule has 3 heterocycles. The summed E-state index contributed by atoms with van der Waals surface area (Å²) in [5.74, 6) is 0.386. The van der Waals surface area contributed by atoms with Crippen LogP contribution < -0.4 is 10.6 Å². The molecule has 0 atom stereocenters. The molecule has 0 saturated heterocycles. The summed E-state index contributed by atoms with van der Waals surface area (Å²) in [6.45, 7) is 2.40. The van der Waals surface area contributed by atoms with Gasteiger partial charge in [0.1, 0.15) is 0 Å². The maximum Gasteiger partial charge on any atom is 0.321 e. The number of anilines is 1. The largest absolute Gasteiger partial charge is 0.338 e. The molecule has 3 aromatic heterocycles. The lowest BCUT2D eigenvalue weighted by Gasteiger charge is -2.05. The first-order valence-corrected chi connectivity index (χ1v) is 8.63. The number of urea groups is 1. The Hall–Kier alpha value is -3.68. The Morgan fingerprint density at radius 3 is 2.85 bits per heavy atom. The SMILES string of the molecule is CCNC(=O)Nc1nc2c(-c3ccccn3)cc(-c3cnn(C)c3)cc2[nH]1. The highest BCUT2D eigenvalue weighted by Crippen LogP contribution is 2.32. The third-order valence-electron chi connectivity index (χ3n) is 4.13. The van der Waals surface area contributed by atoms with E-state index in [2.05, 4.69) is 30.7 Å². The van der Waals surface area contributed by atoms with Gasteiger partial charge in [-0.2, -0.15) is 5.10 Å². The number of aromatic amines is 1. The van der Waals surface area contributed by atoms with Crippen molar-refractivity contribution in [3.05, 3.63) is 48.9 Å². The minimum absolute atomic E-state index is 0.302. The first-order valence-electron chi connectivity index (χ1n) is 8.63. The fourth-order valence-corrected chi connectivity index (χ4v) is 2.94. The van der Waals surface area contributed by atoms with Gasteiger partial charge < -0.3 is 10.3 Å². The molecule has 27 heavy (non-hydrogen) atoms. The molecule has 1 aromatic carbocycles. The number of aryl methyl sites for hydroxylation is 1. The van der Waals surface area contributed by atoms with Gasteiger partial charge in [0, 0.05) is 37.1 Å². The molecule has 4 aromatic rings. The van der Waals surface area contributed by atoms with Gasteiger partial charge >= 0.3 is 6.03 Å². The van der Waals surface area contributed by atoms with Gasteiger partial charge in [0.2, 0.25) is 5.95 Å². The van der Waals surface area contributed by atoms with Crippen LogP contribution in [0.1, 0.15) is 6.92 Å². The molecule has 0 bridgehead atoms. The Balaban J connectivity index is 1.86. The van der Waals surface area contributed by atoms with Crippen LogP contribution in [0, 0.1) is 0 Å². The minimum Gasteiger partial charge on any atom is -0.338 e. The number of carbonyl (C=O) groups excluding carboxylic acids is 1. The summed E-state index contributed by atoms with van der Waals surface area (Å²) in [7, 11) is 1.88. The Morgan fingerprint density at radius 1 is 1.26 bits per heavy atom. The van der Waals surface area contributed by atoms with E-state index in [-0.39, 0.29) is 6.03 Å². The monoisotopic (exact) mass is 361 g/mol. The predicted molar refractivity (Wildman–Crippen MR) is 104 cm³/mol. The van der Waals surface area contributed by atoms with E-state index in [1.807, 2.05) is 56.7 Å². The van der Waals surface area contributed by atoms with E-state index in [9.17, 15) is 4.79 Å². The van der Waals surface area contributed by atoms with Crippen molar-refractivity contribution in [2.75, 3.05) is 11.9 Å². The average Bonchev–Trinajstić information content (AvgIpc) is 3.27. The lowest BCUT2D eigenvalue weighted by atomic mass is 10.0. The van der Waals surface area contributed by atoms with Crippen molar-refractivity contribution in [1.29, 1.82) is 0 Å². The molecule has 0 aliphatic rings. The number of pyridine rings is 1. The molecule has 0 aliphatic carbocycles. The number of imidazole rings is 1. The van der Waals surface area contributed by atoms with Gasteiger partial charge in [0.15, 0.2) is 0 Å². The fraction of sp³-hybridized carbons (Fsp3) is 0.158. The number of rotatable bonds is 4. The van der Waals surface area contributed by atoms with E-state index in [0.29, 0.717) is 12.5 Å². The van der Waals surface area contributed by atoms with Gasteiger partial charge in [-0.25, -0.2) is 9.78 Å². The standard InChI is InChI=1S/C19H19N7O/c1-3-20-19(27)25-18-23-16-9-12(13-10-22-26(2)11-13)8-14(17(16)24-18)15-6-4-5-7-21-15/h4-11H,3H2,1-2H3,(H3,20,23,24,25,27). The smallest absolute Gasteiger partial charge is 0.321 e. The minimum atomic E-state index is -0.302. The number of benzene rings is 1. The highest BCUT2D eigenvalue weighted by Gasteiger charge is 2.15. The number of hydrogen-bond donors (Lipinski definition) is 3. The maximum atomic E-state index is 11.8. The zero-order valence-corrected chi connectivity index (χ0v) is 15.0. The van der Waals surface area contributed by atoms with Crippen molar-refractivity contribution in [3.8, 4) is 22.4 Å². The van der Waals surface area contributed by atoms with E-state index >= 15 is 0 Å². The summed E-state index contributed by atoms with van der Waals surface area (Å²) in [5.41, 5.74) is 5.22. The number of aromatic nitrogens is 5.